The Balaban J connectivity index is 4.47. The van der Waals surface area contributed by atoms with E-state index in [1.54, 1.807) is 13.8 Å². The second-order valence-corrected chi connectivity index (χ2v) is 4.82. The van der Waals surface area contributed by atoms with Crippen molar-refractivity contribution in [2.45, 2.75) is 53.1 Å². The van der Waals surface area contributed by atoms with E-state index in [2.05, 4.69) is 4.74 Å². The van der Waals surface area contributed by atoms with Crippen molar-refractivity contribution in [1.29, 1.82) is 0 Å². The van der Waals surface area contributed by atoms with Crippen molar-refractivity contribution in [2.75, 3.05) is 6.61 Å². The Hall–Kier alpha value is -0.740. The monoisotopic (exact) mass is 254 g/mol. The topological polar surface area (TPSA) is 26.3 Å². The predicted octanol–water partition coefficient (Wildman–Crippen LogP) is 3.94. The van der Waals surface area contributed by atoms with Gasteiger partial charge in [0.2, 0.25) is 0 Å². The van der Waals surface area contributed by atoms with Crippen LogP contribution in [0.1, 0.15) is 47.0 Å². The molecule has 0 aliphatic rings. The minimum Gasteiger partial charge on any atom is -0.456 e. The summed E-state index contributed by atoms with van der Waals surface area (Å²) < 4.78 is 40.2. The highest BCUT2D eigenvalue weighted by molar-refractivity contribution is 5.76. The summed E-state index contributed by atoms with van der Waals surface area (Å²) in [4.78, 5) is 11.7. The average molecular weight is 254 g/mol. The zero-order valence-electron chi connectivity index (χ0n) is 10.9. The molecule has 102 valence electrons. The number of esters is 1. The van der Waals surface area contributed by atoms with Gasteiger partial charge in [-0.2, -0.15) is 13.2 Å². The van der Waals surface area contributed by atoms with E-state index >= 15 is 0 Å². The zero-order chi connectivity index (χ0) is 13.7. The second-order valence-electron chi connectivity index (χ2n) is 4.82. The molecule has 2 atom stereocenters. The molecule has 0 aromatic heterocycles. The largest absolute Gasteiger partial charge is 0.456 e. The van der Waals surface area contributed by atoms with E-state index in [0.717, 1.165) is 6.42 Å². The van der Waals surface area contributed by atoms with Crippen LogP contribution in [0.2, 0.25) is 0 Å². The van der Waals surface area contributed by atoms with E-state index in [0.29, 0.717) is 18.8 Å². The number of halogens is 3. The molecule has 1 unspecified atom stereocenters. The molecule has 0 rings (SSSR count). The molecule has 0 fully saturated rings. The number of alkyl halides is 3. The second kappa shape index (κ2) is 6.26. The van der Waals surface area contributed by atoms with Crippen LogP contribution in [-0.2, 0) is 9.53 Å². The van der Waals surface area contributed by atoms with Crippen LogP contribution in [0.25, 0.3) is 0 Å². The minimum absolute atomic E-state index is 0.290. The third-order valence-electron chi connectivity index (χ3n) is 3.14. The Morgan fingerprint density at radius 1 is 1.29 bits per heavy atom. The molecule has 0 aliphatic carbocycles. The number of rotatable bonds is 6. The highest BCUT2D eigenvalue weighted by Crippen LogP contribution is 2.33. The lowest BCUT2D eigenvalue weighted by Crippen LogP contribution is -2.33. The van der Waals surface area contributed by atoms with Gasteiger partial charge in [0.15, 0.2) is 6.61 Å². The van der Waals surface area contributed by atoms with Gasteiger partial charge in [-0.1, -0.05) is 27.2 Å². The molecule has 5 heteroatoms. The fourth-order valence-corrected chi connectivity index (χ4v) is 1.61. The molecule has 0 aromatic carbocycles. The lowest BCUT2D eigenvalue weighted by atomic mass is 9.78. The molecule has 0 N–H and O–H groups in total. The van der Waals surface area contributed by atoms with E-state index in [9.17, 15) is 18.0 Å². The molecule has 0 aliphatic heterocycles. The summed E-state index contributed by atoms with van der Waals surface area (Å²) in [6, 6.07) is 0. The predicted molar refractivity (Wildman–Crippen MR) is 59.5 cm³/mol. The Labute approximate surface area is 101 Å². The molecule has 2 nitrogen and oxygen atoms in total. The van der Waals surface area contributed by atoms with Gasteiger partial charge in [-0.3, -0.25) is 4.79 Å². The van der Waals surface area contributed by atoms with Gasteiger partial charge in [-0.05, 0) is 25.7 Å². The highest BCUT2D eigenvalue weighted by atomic mass is 19.4. The number of ether oxygens (including phenoxy) is 1. The Bertz CT molecular complexity index is 251. The van der Waals surface area contributed by atoms with Crippen molar-refractivity contribution in [3.63, 3.8) is 0 Å². The van der Waals surface area contributed by atoms with E-state index in [-0.39, 0.29) is 0 Å². The number of carbonyl (C=O) groups is 1. The van der Waals surface area contributed by atoms with Gasteiger partial charge < -0.3 is 4.74 Å². The highest BCUT2D eigenvalue weighted by Gasteiger charge is 2.37. The van der Waals surface area contributed by atoms with Crippen molar-refractivity contribution in [1.82, 2.24) is 0 Å². The van der Waals surface area contributed by atoms with Crippen molar-refractivity contribution in [2.24, 2.45) is 11.3 Å². The van der Waals surface area contributed by atoms with Gasteiger partial charge in [-0.25, -0.2) is 0 Å². The molecular weight excluding hydrogens is 233 g/mol. The third-order valence-corrected chi connectivity index (χ3v) is 3.14. The number of hydrogen-bond acceptors (Lipinski definition) is 2. The lowest BCUT2D eigenvalue weighted by molar-refractivity contribution is -0.193. The first-order chi connectivity index (χ1) is 7.64. The van der Waals surface area contributed by atoms with Gasteiger partial charge in [0.05, 0.1) is 5.41 Å². The minimum atomic E-state index is -4.46. The molecule has 0 saturated carbocycles. The van der Waals surface area contributed by atoms with Crippen molar-refractivity contribution in [3.05, 3.63) is 0 Å². The molecule has 0 bridgehead atoms. The summed E-state index contributed by atoms with van der Waals surface area (Å²) >= 11 is 0. The lowest BCUT2D eigenvalue weighted by Gasteiger charge is -2.28. The van der Waals surface area contributed by atoms with Crippen LogP contribution in [0.4, 0.5) is 13.2 Å². The Morgan fingerprint density at radius 2 is 1.82 bits per heavy atom. The van der Waals surface area contributed by atoms with Crippen LogP contribution in [0.5, 0.6) is 0 Å². The maximum Gasteiger partial charge on any atom is 0.422 e. The molecule has 0 aromatic rings. The van der Waals surface area contributed by atoms with Crippen LogP contribution in [-0.4, -0.2) is 18.8 Å². The van der Waals surface area contributed by atoms with Crippen LogP contribution < -0.4 is 0 Å². The van der Waals surface area contributed by atoms with Crippen LogP contribution in [0.3, 0.4) is 0 Å². The first kappa shape index (κ1) is 16.3. The van der Waals surface area contributed by atoms with Gasteiger partial charge >= 0.3 is 12.1 Å². The molecule has 17 heavy (non-hydrogen) atoms. The average Bonchev–Trinajstić information content (AvgIpc) is 2.24. The van der Waals surface area contributed by atoms with Crippen molar-refractivity contribution >= 4 is 5.97 Å². The van der Waals surface area contributed by atoms with Crippen LogP contribution >= 0.6 is 0 Å². The SMILES string of the molecule is CC[C@H](C)CC(C)(CC)C(=O)OCC(F)(F)F. The normalized spacial score (nSPS) is 17.4. The quantitative estimate of drug-likeness (QED) is 0.671. The van der Waals surface area contributed by atoms with E-state index in [4.69, 9.17) is 0 Å². The van der Waals surface area contributed by atoms with Gasteiger partial charge in [0.1, 0.15) is 0 Å². The molecule has 0 amide bonds. The molecule has 0 spiro atoms. The van der Waals surface area contributed by atoms with Gasteiger partial charge in [-0.15, -0.1) is 0 Å². The third kappa shape index (κ3) is 5.94. The van der Waals surface area contributed by atoms with Gasteiger partial charge in [0.25, 0.3) is 0 Å². The van der Waals surface area contributed by atoms with Crippen molar-refractivity contribution in [3.8, 4) is 0 Å². The zero-order valence-corrected chi connectivity index (χ0v) is 10.9. The summed E-state index contributed by atoms with van der Waals surface area (Å²) in [5, 5.41) is 0. The smallest absolute Gasteiger partial charge is 0.422 e. The van der Waals surface area contributed by atoms with Crippen molar-refractivity contribution < 1.29 is 22.7 Å². The summed E-state index contributed by atoms with van der Waals surface area (Å²) in [5.74, 6) is -0.462. The summed E-state index contributed by atoms with van der Waals surface area (Å²) in [6.07, 6.45) is -2.53. The summed E-state index contributed by atoms with van der Waals surface area (Å²) in [7, 11) is 0. The fourth-order valence-electron chi connectivity index (χ4n) is 1.61. The number of hydrogen-bond donors (Lipinski definition) is 0. The molecule has 0 saturated heterocycles. The summed E-state index contributed by atoms with van der Waals surface area (Å²) in [6.45, 7) is 5.92. The maximum atomic E-state index is 12.0. The standard InChI is InChI=1S/C12H21F3O2/c1-5-9(3)7-11(4,6-2)10(16)17-8-12(13,14)15/h9H,5-8H2,1-4H3/t9-,11?/m0/s1. The Kier molecular flexibility index (Phi) is 5.99. The Morgan fingerprint density at radius 3 is 2.18 bits per heavy atom. The maximum absolute atomic E-state index is 12.0. The van der Waals surface area contributed by atoms with Crippen LogP contribution in [0, 0.1) is 11.3 Å². The van der Waals surface area contributed by atoms with Crippen LogP contribution in [0.15, 0.2) is 0 Å². The first-order valence-corrected chi connectivity index (χ1v) is 5.88. The first-order valence-electron chi connectivity index (χ1n) is 5.88. The summed E-state index contributed by atoms with van der Waals surface area (Å²) in [5.41, 5.74) is -0.819. The molecule has 0 radical (unpaired) electrons. The van der Waals surface area contributed by atoms with Gasteiger partial charge in [0, 0.05) is 0 Å². The fraction of sp³-hybridized carbons (Fsp3) is 0.917. The number of carbonyl (C=O) groups excluding carboxylic acids is 1. The van der Waals surface area contributed by atoms with E-state index in [1.807, 2.05) is 13.8 Å². The molecular formula is C12H21F3O2. The van der Waals surface area contributed by atoms with E-state index in [1.165, 1.54) is 0 Å². The van der Waals surface area contributed by atoms with E-state index < -0.39 is 24.2 Å². The molecule has 0 heterocycles.